The van der Waals surface area contributed by atoms with Gasteiger partial charge in [-0.1, -0.05) is 13.8 Å². The molecule has 4 heteroatoms. The summed E-state index contributed by atoms with van der Waals surface area (Å²) in [5.74, 6) is 0.976. The lowest BCUT2D eigenvalue weighted by Crippen LogP contribution is -2.23. The number of ether oxygens (including phenoxy) is 1. The monoisotopic (exact) mass is 291 g/mol. The quantitative estimate of drug-likeness (QED) is 0.838. The highest BCUT2D eigenvalue weighted by molar-refractivity contribution is 5.27. The molecule has 0 radical (unpaired) electrons. The van der Waals surface area contributed by atoms with Gasteiger partial charge in [-0.25, -0.2) is 9.97 Å². The molecule has 0 aliphatic carbocycles. The van der Waals surface area contributed by atoms with Crippen molar-refractivity contribution in [2.24, 2.45) is 0 Å². The average Bonchev–Trinajstić information content (AvgIpc) is 2.53. The van der Waals surface area contributed by atoms with Gasteiger partial charge in [0.1, 0.15) is 5.82 Å². The molecule has 0 saturated carbocycles. The van der Waals surface area contributed by atoms with Crippen LogP contribution in [0.15, 0.2) is 0 Å². The molecule has 0 amide bonds. The van der Waals surface area contributed by atoms with E-state index < -0.39 is 0 Å². The predicted molar refractivity (Wildman–Crippen MR) is 85.7 cm³/mol. The van der Waals surface area contributed by atoms with Gasteiger partial charge in [-0.3, -0.25) is 0 Å². The first-order valence-corrected chi connectivity index (χ1v) is 8.42. The maximum Gasteiger partial charge on any atom is 0.131 e. The van der Waals surface area contributed by atoms with Crippen LogP contribution in [0.25, 0.3) is 0 Å². The third-order valence-corrected chi connectivity index (χ3v) is 4.20. The normalized spacial score (nSPS) is 18.9. The molecule has 1 aromatic heterocycles. The maximum absolute atomic E-state index is 5.83. The van der Waals surface area contributed by atoms with Gasteiger partial charge in [0, 0.05) is 24.4 Å². The number of likely N-dealkylation sites (N-methyl/N-ethyl adjacent to an activating group) is 1. The summed E-state index contributed by atoms with van der Waals surface area (Å²) in [7, 11) is 1.99. The molecular weight excluding hydrogens is 262 g/mol. The second-order valence-electron chi connectivity index (χ2n) is 5.77. The summed E-state index contributed by atoms with van der Waals surface area (Å²) in [5, 5.41) is 3.22. The molecule has 0 spiro atoms. The molecule has 1 fully saturated rings. The lowest BCUT2D eigenvalue weighted by atomic mass is 10.0. The van der Waals surface area contributed by atoms with Gasteiger partial charge in [-0.05, 0) is 57.7 Å². The van der Waals surface area contributed by atoms with Crippen molar-refractivity contribution in [3.63, 3.8) is 0 Å². The van der Waals surface area contributed by atoms with Crippen molar-refractivity contribution in [1.29, 1.82) is 0 Å². The maximum atomic E-state index is 5.83. The zero-order chi connectivity index (χ0) is 15.1. The van der Waals surface area contributed by atoms with Gasteiger partial charge < -0.3 is 10.1 Å². The van der Waals surface area contributed by atoms with E-state index in [-0.39, 0.29) is 0 Å². The van der Waals surface area contributed by atoms with E-state index in [1.54, 1.807) is 0 Å². The van der Waals surface area contributed by atoms with E-state index in [2.05, 4.69) is 19.2 Å². The van der Waals surface area contributed by atoms with E-state index in [1.807, 2.05) is 7.05 Å². The lowest BCUT2D eigenvalue weighted by Gasteiger charge is -2.22. The van der Waals surface area contributed by atoms with Crippen LogP contribution >= 0.6 is 0 Å². The molecule has 21 heavy (non-hydrogen) atoms. The number of rotatable bonds is 7. The first-order valence-electron chi connectivity index (χ1n) is 8.42. The van der Waals surface area contributed by atoms with Gasteiger partial charge in [0.05, 0.1) is 6.10 Å². The molecular formula is C17H29N3O. The highest BCUT2D eigenvalue weighted by Gasteiger charge is 2.18. The second-order valence-corrected chi connectivity index (χ2v) is 5.77. The van der Waals surface area contributed by atoms with E-state index in [0.29, 0.717) is 6.10 Å². The summed E-state index contributed by atoms with van der Waals surface area (Å²) in [4.78, 5) is 9.66. The van der Waals surface area contributed by atoms with Gasteiger partial charge in [0.25, 0.3) is 0 Å². The van der Waals surface area contributed by atoms with E-state index in [4.69, 9.17) is 14.7 Å². The predicted octanol–water partition coefficient (Wildman–Crippen LogP) is 2.47. The zero-order valence-electron chi connectivity index (χ0n) is 13.7. The summed E-state index contributed by atoms with van der Waals surface area (Å²) in [6, 6.07) is 0. The van der Waals surface area contributed by atoms with Gasteiger partial charge in [-0.15, -0.1) is 0 Å². The Bertz CT molecular complexity index is 417. The summed E-state index contributed by atoms with van der Waals surface area (Å²) < 4.78 is 5.83. The molecule has 118 valence electrons. The molecule has 1 unspecified atom stereocenters. The highest BCUT2D eigenvalue weighted by Crippen LogP contribution is 2.19. The number of aromatic nitrogens is 2. The van der Waals surface area contributed by atoms with Gasteiger partial charge in [0.2, 0.25) is 0 Å². The van der Waals surface area contributed by atoms with Crippen molar-refractivity contribution >= 4 is 0 Å². The molecule has 1 aromatic rings. The molecule has 1 N–H and O–H groups in total. The zero-order valence-corrected chi connectivity index (χ0v) is 13.7. The minimum absolute atomic E-state index is 0.316. The van der Waals surface area contributed by atoms with Crippen molar-refractivity contribution in [2.75, 3.05) is 20.2 Å². The minimum atomic E-state index is 0.316. The third-order valence-electron chi connectivity index (χ3n) is 4.20. The number of aryl methyl sites for hydroxylation is 2. The van der Waals surface area contributed by atoms with Crippen molar-refractivity contribution in [3.8, 4) is 0 Å². The van der Waals surface area contributed by atoms with E-state index in [0.717, 1.165) is 51.1 Å². The van der Waals surface area contributed by atoms with Gasteiger partial charge in [-0.2, -0.15) is 0 Å². The summed E-state index contributed by atoms with van der Waals surface area (Å²) in [5.41, 5.74) is 3.80. The molecule has 1 aliphatic rings. The van der Waals surface area contributed by atoms with Crippen LogP contribution in [-0.2, 0) is 30.4 Å². The van der Waals surface area contributed by atoms with Crippen molar-refractivity contribution in [1.82, 2.24) is 15.3 Å². The highest BCUT2D eigenvalue weighted by atomic mass is 16.5. The smallest absolute Gasteiger partial charge is 0.131 e. The molecule has 2 heterocycles. The first-order chi connectivity index (χ1) is 10.3. The Kier molecular flexibility index (Phi) is 6.58. The number of nitrogens with zero attached hydrogens (tertiary/aromatic N) is 2. The minimum Gasteiger partial charge on any atom is -0.378 e. The van der Waals surface area contributed by atoms with Crippen LogP contribution in [0.4, 0.5) is 0 Å². The molecule has 0 bridgehead atoms. The molecule has 1 atom stereocenters. The number of nitrogens with one attached hydrogen (secondary N) is 1. The molecule has 2 rings (SSSR count). The number of hydrogen-bond donors (Lipinski definition) is 1. The first kappa shape index (κ1) is 16.4. The Morgan fingerprint density at radius 2 is 1.86 bits per heavy atom. The van der Waals surface area contributed by atoms with E-state index in [1.165, 1.54) is 29.8 Å². The topological polar surface area (TPSA) is 47.0 Å². The fourth-order valence-corrected chi connectivity index (χ4v) is 3.02. The summed E-state index contributed by atoms with van der Waals surface area (Å²) in [6.07, 6.45) is 7.77. The van der Waals surface area contributed by atoms with Crippen molar-refractivity contribution in [3.05, 3.63) is 22.8 Å². The lowest BCUT2D eigenvalue weighted by molar-refractivity contribution is 0.0156. The molecule has 0 aromatic carbocycles. The Morgan fingerprint density at radius 1 is 1.14 bits per heavy atom. The molecule has 1 aliphatic heterocycles. The van der Waals surface area contributed by atoms with Crippen molar-refractivity contribution < 1.29 is 4.74 Å². The van der Waals surface area contributed by atoms with E-state index >= 15 is 0 Å². The van der Waals surface area contributed by atoms with Gasteiger partial charge in [0.15, 0.2) is 0 Å². The fourth-order valence-electron chi connectivity index (χ4n) is 3.02. The largest absolute Gasteiger partial charge is 0.378 e. The second kappa shape index (κ2) is 8.44. The third kappa shape index (κ3) is 4.48. The van der Waals surface area contributed by atoms with Crippen molar-refractivity contribution in [2.45, 2.75) is 64.9 Å². The Hall–Kier alpha value is -1.00. The Morgan fingerprint density at radius 3 is 2.38 bits per heavy atom. The van der Waals surface area contributed by atoms with Crippen LogP contribution in [0.5, 0.6) is 0 Å². The van der Waals surface area contributed by atoms with Crippen LogP contribution in [-0.4, -0.2) is 36.3 Å². The Balaban J connectivity index is 2.18. The summed E-state index contributed by atoms with van der Waals surface area (Å²) >= 11 is 0. The molecule has 1 saturated heterocycles. The number of hydrogen-bond acceptors (Lipinski definition) is 4. The fraction of sp³-hybridized carbons (Fsp3) is 0.765. The Labute approximate surface area is 128 Å². The van der Waals surface area contributed by atoms with Crippen LogP contribution in [0.1, 0.15) is 55.9 Å². The van der Waals surface area contributed by atoms with Crippen LogP contribution in [0.3, 0.4) is 0 Å². The van der Waals surface area contributed by atoms with Crippen LogP contribution in [0.2, 0.25) is 0 Å². The molecule has 4 nitrogen and oxygen atoms in total. The van der Waals surface area contributed by atoms with E-state index in [9.17, 15) is 0 Å². The summed E-state index contributed by atoms with van der Waals surface area (Å²) in [6.45, 7) is 6.25. The van der Waals surface area contributed by atoms with Crippen LogP contribution < -0.4 is 5.32 Å². The average molecular weight is 291 g/mol. The van der Waals surface area contributed by atoms with Crippen LogP contribution in [0, 0.1) is 0 Å². The standard InChI is InChI=1S/C17H29N3O/c1-4-15-14(9-10-18-3)16(5-2)20-17(19-15)12-13-8-6-7-11-21-13/h13,18H,4-12H2,1-3H3. The SMILES string of the molecule is CCc1nc(CC2CCCCO2)nc(CC)c1CCNC. The van der Waals surface area contributed by atoms with Gasteiger partial charge >= 0.3 is 0 Å².